The van der Waals surface area contributed by atoms with E-state index in [1.54, 1.807) is 7.11 Å². The molecule has 3 aromatic rings. The van der Waals surface area contributed by atoms with E-state index in [1.165, 1.54) is 22.5 Å². The first-order valence-corrected chi connectivity index (χ1v) is 12.9. The fraction of sp³-hybridized carbons (Fsp3) is 0.174. The molecule has 0 saturated carbocycles. The summed E-state index contributed by atoms with van der Waals surface area (Å²) in [5, 5.41) is 1.46. The minimum atomic E-state index is -1.95. The number of carbonyl (C=O) groups excluding carboxylic acids is 1. The lowest BCUT2D eigenvalue weighted by molar-refractivity contribution is 0.108. The Balaban J connectivity index is 1.94. The van der Waals surface area contributed by atoms with Crippen LogP contribution < -0.4 is 9.92 Å². The molecule has 0 saturated heterocycles. The van der Waals surface area contributed by atoms with Crippen molar-refractivity contribution in [3.8, 4) is 5.75 Å². The van der Waals surface area contributed by atoms with Gasteiger partial charge >= 0.3 is 0 Å². The Morgan fingerprint density at radius 2 is 1.41 bits per heavy atom. The zero-order valence-corrected chi connectivity index (χ0v) is 17.7. The Bertz CT molecular complexity index is 877. The van der Waals surface area contributed by atoms with Gasteiger partial charge in [0.1, 0.15) is 5.75 Å². The summed E-state index contributed by atoms with van der Waals surface area (Å²) in [6, 6.07) is 28.4. The van der Waals surface area contributed by atoms with Crippen LogP contribution in [-0.4, -0.2) is 20.3 Å². The fourth-order valence-corrected chi connectivity index (χ4v) is 8.25. The molecule has 0 aliphatic rings. The van der Waals surface area contributed by atoms with E-state index in [4.69, 9.17) is 4.74 Å². The van der Waals surface area contributed by atoms with Crippen molar-refractivity contribution < 1.29 is 9.53 Å². The molecule has 0 aliphatic heterocycles. The van der Waals surface area contributed by atoms with Crippen molar-refractivity contribution in [3.05, 3.63) is 96.1 Å². The fourth-order valence-electron chi connectivity index (χ4n) is 3.18. The Kier molecular flexibility index (Phi) is 6.19. The van der Waals surface area contributed by atoms with Crippen LogP contribution >= 0.6 is 11.8 Å². The number of rotatable bonds is 6. The van der Waals surface area contributed by atoms with Gasteiger partial charge in [0, 0.05) is 10.4 Å². The van der Waals surface area contributed by atoms with E-state index in [-0.39, 0.29) is 9.99 Å². The third-order valence-electron chi connectivity index (χ3n) is 4.83. The van der Waals surface area contributed by atoms with Crippen LogP contribution in [0, 0.1) is 0 Å². The molecule has 0 bridgehead atoms. The molecule has 1 unspecified atom stereocenters. The predicted octanol–water partition coefficient (Wildman–Crippen LogP) is 5.46. The number of benzene rings is 3. The van der Waals surface area contributed by atoms with Crippen molar-refractivity contribution in [2.45, 2.75) is 18.0 Å². The van der Waals surface area contributed by atoms with E-state index in [1.807, 2.05) is 36.4 Å². The molecular weight excluding hydrogens is 368 g/mol. The molecular formula is C23H24O2SSi. The monoisotopic (exact) mass is 392 g/mol. The van der Waals surface area contributed by atoms with E-state index >= 15 is 0 Å². The number of thioether (sulfide) groups is 1. The Labute approximate surface area is 166 Å². The van der Waals surface area contributed by atoms with Crippen molar-refractivity contribution in [1.82, 2.24) is 0 Å². The minimum Gasteiger partial charge on any atom is -0.497 e. The van der Waals surface area contributed by atoms with Gasteiger partial charge in [0.25, 0.3) is 0 Å². The summed E-state index contributed by atoms with van der Waals surface area (Å²) in [5.74, 6) is 0.759. The van der Waals surface area contributed by atoms with Gasteiger partial charge in [0.15, 0.2) is 0 Å². The van der Waals surface area contributed by atoms with Gasteiger partial charge in [-0.2, -0.15) is 0 Å². The van der Waals surface area contributed by atoms with Crippen LogP contribution in [0.3, 0.4) is 0 Å². The molecule has 27 heavy (non-hydrogen) atoms. The molecule has 0 aromatic heterocycles. The summed E-state index contributed by atoms with van der Waals surface area (Å²) in [7, 11) is -0.316. The summed E-state index contributed by atoms with van der Waals surface area (Å²) in [4.78, 5) is 13.2. The highest BCUT2D eigenvalue weighted by molar-refractivity contribution is 8.15. The first-order valence-electron chi connectivity index (χ1n) is 8.98. The maximum absolute atomic E-state index is 13.1. The summed E-state index contributed by atoms with van der Waals surface area (Å²) >= 11 is 1.45. The molecule has 138 valence electrons. The van der Waals surface area contributed by atoms with Crippen LogP contribution in [0.25, 0.3) is 0 Å². The molecule has 0 N–H and O–H groups in total. The summed E-state index contributed by atoms with van der Waals surface area (Å²) in [6.45, 7) is 4.68. The standard InChI is InChI=1S/C23H24O2SSi/c1-25-20-16-14-18(15-17-20)22(24)26-23(19-10-6-4-7-11-19)27(2,3)21-12-8-5-9-13-21/h4-17,23H,1-3H3. The smallest absolute Gasteiger partial charge is 0.219 e. The highest BCUT2D eigenvalue weighted by atomic mass is 32.2. The van der Waals surface area contributed by atoms with E-state index in [9.17, 15) is 4.79 Å². The molecule has 0 radical (unpaired) electrons. The van der Waals surface area contributed by atoms with E-state index in [0.29, 0.717) is 5.56 Å². The highest BCUT2D eigenvalue weighted by Gasteiger charge is 2.37. The van der Waals surface area contributed by atoms with E-state index in [2.05, 4.69) is 61.6 Å². The second kappa shape index (κ2) is 8.59. The number of carbonyl (C=O) groups is 1. The summed E-state index contributed by atoms with van der Waals surface area (Å²) < 4.78 is 5.20. The third kappa shape index (κ3) is 4.52. The second-order valence-electron chi connectivity index (χ2n) is 7.01. The van der Waals surface area contributed by atoms with Gasteiger partial charge in [-0.15, -0.1) is 0 Å². The Hall–Kier alpha value is -2.30. The molecule has 0 heterocycles. The SMILES string of the molecule is COc1ccc(C(=O)SC(c2ccccc2)[Si](C)(C)c2ccccc2)cc1. The van der Waals surface area contributed by atoms with Gasteiger partial charge in [-0.05, 0) is 29.8 Å². The molecule has 1 atom stereocenters. The molecule has 3 aromatic carbocycles. The van der Waals surface area contributed by atoms with Gasteiger partial charge in [-0.3, -0.25) is 4.79 Å². The maximum Gasteiger partial charge on any atom is 0.219 e. The number of ether oxygens (including phenoxy) is 1. The Morgan fingerprint density at radius 1 is 0.852 bits per heavy atom. The molecule has 4 heteroatoms. The molecule has 3 rings (SSSR count). The van der Waals surface area contributed by atoms with Crippen molar-refractivity contribution >= 4 is 30.1 Å². The van der Waals surface area contributed by atoms with Crippen LogP contribution in [0.4, 0.5) is 0 Å². The first-order chi connectivity index (χ1) is 13.0. The second-order valence-corrected chi connectivity index (χ2v) is 13.1. The zero-order chi connectivity index (χ0) is 19.3. The van der Waals surface area contributed by atoms with E-state index in [0.717, 1.165) is 5.75 Å². The van der Waals surface area contributed by atoms with Gasteiger partial charge in [0.05, 0.1) is 15.2 Å². The van der Waals surface area contributed by atoms with Gasteiger partial charge in [0.2, 0.25) is 5.12 Å². The summed E-state index contributed by atoms with van der Waals surface area (Å²) in [5.41, 5.74) is 1.92. The number of methoxy groups -OCH3 is 1. The van der Waals surface area contributed by atoms with Gasteiger partial charge in [-0.25, -0.2) is 0 Å². The van der Waals surface area contributed by atoms with Gasteiger partial charge in [-0.1, -0.05) is 90.7 Å². The molecule has 0 spiro atoms. The van der Waals surface area contributed by atoms with Crippen molar-refractivity contribution in [2.75, 3.05) is 7.11 Å². The summed E-state index contributed by atoms with van der Waals surface area (Å²) in [6.07, 6.45) is 0. The van der Waals surface area contributed by atoms with Crippen LogP contribution in [0.1, 0.15) is 20.8 Å². The van der Waals surface area contributed by atoms with Crippen LogP contribution in [0.2, 0.25) is 13.1 Å². The Morgan fingerprint density at radius 3 is 1.96 bits per heavy atom. The molecule has 2 nitrogen and oxygen atoms in total. The topological polar surface area (TPSA) is 26.3 Å². The average molecular weight is 393 g/mol. The van der Waals surface area contributed by atoms with E-state index < -0.39 is 8.07 Å². The highest BCUT2D eigenvalue weighted by Crippen LogP contribution is 2.39. The predicted molar refractivity (Wildman–Crippen MR) is 118 cm³/mol. The lowest BCUT2D eigenvalue weighted by Crippen LogP contribution is -2.46. The number of hydrogen-bond acceptors (Lipinski definition) is 3. The van der Waals surface area contributed by atoms with Crippen molar-refractivity contribution in [2.24, 2.45) is 0 Å². The quantitative estimate of drug-likeness (QED) is 0.521. The normalized spacial score (nSPS) is 12.4. The van der Waals surface area contributed by atoms with Crippen LogP contribution in [0.5, 0.6) is 5.75 Å². The lowest BCUT2D eigenvalue weighted by Gasteiger charge is -2.32. The third-order valence-corrected chi connectivity index (χ3v) is 11.4. The van der Waals surface area contributed by atoms with Gasteiger partial charge < -0.3 is 4.74 Å². The zero-order valence-electron chi connectivity index (χ0n) is 15.9. The first kappa shape index (κ1) is 19.5. The molecule has 0 amide bonds. The molecule has 0 fully saturated rings. The van der Waals surface area contributed by atoms with Crippen LogP contribution in [-0.2, 0) is 0 Å². The largest absolute Gasteiger partial charge is 0.497 e. The van der Waals surface area contributed by atoms with Crippen molar-refractivity contribution in [3.63, 3.8) is 0 Å². The minimum absolute atomic E-state index is 0.100. The molecule has 0 aliphatic carbocycles. The maximum atomic E-state index is 13.1. The van der Waals surface area contributed by atoms with Crippen LogP contribution in [0.15, 0.2) is 84.9 Å². The number of hydrogen-bond donors (Lipinski definition) is 0. The average Bonchev–Trinajstić information content (AvgIpc) is 2.73. The lowest BCUT2D eigenvalue weighted by atomic mass is 10.2. The van der Waals surface area contributed by atoms with Crippen molar-refractivity contribution in [1.29, 1.82) is 0 Å².